The molecule has 1 saturated carbocycles. The molecule has 9 nitrogen and oxygen atoms in total. The Bertz CT molecular complexity index is 1140. The number of anilines is 2. The largest absolute Gasteiger partial charge is 0.381 e. The van der Waals surface area contributed by atoms with Crippen LogP contribution in [-0.4, -0.2) is 55.9 Å². The topological polar surface area (TPSA) is 105 Å². The highest BCUT2D eigenvalue weighted by atomic mass is 16.5. The molecule has 3 N–H and O–H groups in total. The van der Waals surface area contributed by atoms with Gasteiger partial charge in [-0.15, -0.1) is 0 Å². The van der Waals surface area contributed by atoms with E-state index in [1.807, 2.05) is 31.6 Å². The zero-order valence-corrected chi connectivity index (χ0v) is 16.5. The van der Waals surface area contributed by atoms with E-state index in [4.69, 9.17) is 19.7 Å². The summed E-state index contributed by atoms with van der Waals surface area (Å²) < 4.78 is 7.21. The lowest BCUT2D eigenvalue weighted by Gasteiger charge is -2.28. The van der Waals surface area contributed by atoms with Crippen molar-refractivity contribution in [1.82, 2.24) is 29.5 Å². The molecular weight excluding hydrogens is 368 g/mol. The molecule has 1 aliphatic carbocycles. The van der Waals surface area contributed by atoms with Crippen LogP contribution in [0, 0.1) is 0 Å². The molecule has 0 saturated heterocycles. The van der Waals surface area contributed by atoms with Crippen LogP contribution in [0.2, 0.25) is 0 Å². The van der Waals surface area contributed by atoms with Gasteiger partial charge in [0.1, 0.15) is 11.5 Å². The number of fused-ring (bicyclic) bond motifs is 2. The van der Waals surface area contributed by atoms with Crippen LogP contribution in [0.1, 0.15) is 25.7 Å². The zero-order valence-electron chi connectivity index (χ0n) is 16.5. The Morgan fingerprint density at radius 3 is 2.79 bits per heavy atom. The SMILES string of the molecule is CNc1nc(N[C@H]2CC[C@@H](OC)CC2)nc2[nH]cc(-c3ccn4nccc4n3)c12. The first-order valence-electron chi connectivity index (χ1n) is 9.92. The van der Waals surface area contributed by atoms with E-state index in [0.29, 0.717) is 18.1 Å². The summed E-state index contributed by atoms with van der Waals surface area (Å²) in [5.41, 5.74) is 3.39. The minimum Gasteiger partial charge on any atom is -0.381 e. The van der Waals surface area contributed by atoms with Gasteiger partial charge in [0.25, 0.3) is 0 Å². The first kappa shape index (κ1) is 17.9. The Hall–Kier alpha value is -3.20. The first-order chi connectivity index (χ1) is 14.2. The van der Waals surface area contributed by atoms with Crippen LogP contribution in [0.3, 0.4) is 0 Å². The van der Waals surface area contributed by atoms with Crippen LogP contribution in [0.15, 0.2) is 30.7 Å². The van der Waals surface area contributed by atoms with Gasteiger partial charge in [-0.25, -0.2) is 9.50 Å². The second-order valence-corrected chi connectivity index (χ2v) is 7.37. The minimum absolute atomic E-state index is 0.365. The smallest absolute Gasteiger partial charge is 0.226 e. The van der Waals surface area contributed by atoms with Gasteiger partial charge >= 0.3 is 0 Å². The van der Waals surface area contributed by atoms with Gasteiger partial charge in [-0.3, -0.25) is 0 Å². The Kier molecular flexibility index (Phi) is 4.51. The highest BCUT2D eigenvalue weighted by Gasteiger charge is 2.22. The molecule has 1 fully saturated rings. The fourth-order valence-corrected chi connectivity index (χ4v) is 4.07. The Labute approximate surface area is 167 Å². The van der Waals surface area contributed by atoms with Crippen molar-refractivity contribution in [3.05, 3.63) is 30.7 Å². The quantitative estimate of drug-likeness (QED) is 0.479. The molecule has 0 atom stereocenters. The van der Waals surface area contributed by atoms with Crippen LogP contribution in [-0.2, 0) is 4.74 Å². The van der Waals surface area contributed by atoms with E-state index in [1.54, 1.807) is 17.8 Å². The van der Waals surface area contributed by atoms with E-state index >= 15 is 0 Å². The third-order valence-corrected chi connectivity index (χ3v) is 5.64. The van der Waals surface area contributed by atoms with E-state index in [2.05, 4.69) is 20.7 Å². The number of nitrogens with one attached hydrogen (secondary N) is 3. The number of aromatic amines is 1. The molecule has 0 aromatic carbocycles. The molecule has 0 bridgehead atoms. The van der Waals surface area contributed by atoms with Gasteiger partial charge in [-0.1, -0.05) is 0 Å². The maximum Gasteiger partial charge on any atom is 0.226 e. The monoisotopic (exact) mass is 392 g/mol. The molecule has 0 spiro atoms. The molecule has 150 valence electrons. The van der Waals surface area contributed by atoms with Gasteiger partial charge in [0.15, 0.2) is 5.65 Å². The number of nitrogens with zero attached hydrogens (tertiary/aromatic N) is 5. The summed E-state index contributed by atoms with van der Waals surface area (Å²) >= 11 is 0. The highest BCUT2D eigenvalue weighted by molar-refractivity contribution is 6.00. The number of H-pyrrole nitrogens is 1. The standard InChI is InChI=1S/C20H24N8O/c1-21-18-17-14(15-8-10-28-16(25-15)7-9-23-28)11-22-19(17)27-20(26-18)24-12-3-5-13(29-2)6-4-12/h7-13H,3-6H2,1-2H3,(H3,21,22,24,26,27)/t12-,13+. The fraction of sp³-hybridized carbons (Fsp3) is 0.400. The van der Waals surface area contributed by atoms with Crippen molar-refractivity contribution in [3.63, 3.8) is 0 Å². The van der Waals surface area contributed by atoms with Crippen LogP contribution in [0.25, 0.3) is 27.9 Å². The maximum atomic E-state index is 5.46. The van der Waals surface area contributed by atoms with Crippen molar-refractivity contribution in [3.8, 4) is 11.3 Å². The van der Waals surface area contributed by atoms with E-state index in [0.717, 1.165) is 59.4 Å². The summed E-state index contributed by atoms with van der Waals surface area (Å²) in [7, 11) is 3.66. The maximum absolute atomic E-state index is 5.46. The van der Waals surface area contributed by atoms with Crippen molar-refractivity contribution in [2.75, 3.05) is 24.8 Å². The Morgan fingerprint density at radius 2 is 2.00 bits per heavy atom. The van der Waals surface area contributed by atoms with E-state index in [-0.39, 0.29) is 0 Å². The number of ether oxygens (including phenoxy) is 1. The van der Waals surface area contributed by atoms with Gasteiger partial charge in [0, 0.05) is 44.2 Å². The van der Waals surface area contributed by atoms with Crippen molar-refractivity contribution >= 4 is 28.4 Å². The third-order valence-electron chi connectivity index (χ3n) is 5.64. The number of hydrogen-bond donors (Lipinski definition) is 3. The molecule has 5 rings (SSSR count). The molecule has 0 unspecified atom stereocenters. The van der Waals surface area contributed by atoms with Gasteiger partial charge in [0.05, 0.1) is 23.4 Å². The average molecular weight is 392 g/mol. The predicted molar refractivity (Wildman–Crippen MR) is 112 cm³/mol. The Balaban J connectivity index is 1.47. The first-order valence-corrected chi connectivity index (χ1v) is 9.92. The van der Waals surface area contributed by atoms with Crippen molar-refractivity contribution in [2.45, 2.75) is 37.8 Å². The molecule has 4 aromatic rings. The lowest BCUT2D eigenvalue weighted by molar-refractivity contribution is 0.0681. The normalized spacial score (nSPS) is 19.7. The molecule has 29 heavy (non-hydrogen) atoms. The number of methoxy groups -OCH3 is 1. The van der Waals surface area contributed by atoms with Crippen LogP contribution in [0.4, 0.5) is 11.8 Å². The summed E-state index contributed by atoms with van der Waals surface area (Å²) in [5.74, 6) is 1.41. The number of aromatic nitrogens is 6. The zero-order chi connectivity index (χ0) is 19.8. The lowest BCUT2D eigenvalue weighted by atomic mass is 9.93. The molecule has 4 aromatic heterocycles. The van der Waals surface area contributed by atoms with E-state index < -0.39 is 0 Å². The highest BCUT2D eigenvalue weighted by Crippen LogP contribution is 2.32. The number of hydrogen-bond acceptors (Lipinski definition) is 7. The summed E-state index contributed by atoms with van der Waals surface area (Å²) in [6.45, 7) is 0. The second kappa shape index (κ2) is 7.32. The molecule has 0 radical (unpaired) electrons. The lowest BCUT2D eigenvalue weighted by Crippen LogP contribution is -2.29. The van der Waals surface area contributed by atoms with Crippen molar-refractivity contribution in [1.29, 1.82) is 0 Å². The van der Waals surface area contributed by atoms with Crippen molar-refractivity contribution < 1.29 is 4.74 Å². The average Bonchev–Trinajstić information content (AvgIpc) is 3.40. The molecule has 0 amide bonds. The van der Waals surface area contributed by atoms with Crippen LogP contribution >= 0.6 is 0 Å². The van der Waals surface area contributed by atoms with Gasteiger partial charge in [-0.2, -0.15) is 15.1 Å². The summed E-state index contributed by atoms with van der Waals surface area (Å²) in [6.07, 6.45) is 10.2. The van der Waals surface area contributed by atoms with E-state index in [1.165, 1.54) is 0 Å². The second-order valence-electron chi connectivity index (χ2n) is 7.37. The fourth-order valence-electron chi connectivity index (χ4n) is 4.07. The number of rotatable bonds is 5. The van der Waals surface area contributed by atoms with Gasteiger partial charge in [0.2, 0.25) is 5.95 Å². The molecule has 0 aliphatic heterocycles. The van der Waals surface area contributed by atoms with Gasteiger partial charge < -0.3 is 20.4 Å². The molecule has 4 heterocycles. The van der Waals surface area contributed by atoms with Crippen molar-refractivity contribution in [2.24, 2.45) is 0 Å². The third kappa shape index (κ3) is 3.27. The Morgan fingerprint density at radius 1 is 1.14 bits per heavy atom. The molecular formula is C20H24N8O. The predicted octanol–water partition coefficient (Wildman–Crippen LogP) is 3.08. The summed E-state index contributed by atoms with van der Waals surface area (Å²) in [5, 5.41) is 11.8. The van der Waals surface area contributed by atoms with Crippen LogP contribution in [0.5, 0.6) is 0 Å². The molecule has 1 aliphatic rings. The van der Waals surface area contributed by atoms with Gasteiger partial charge in [-0.05, 0) is 31.7 Å². The van der Waals surface area contributed by atoms with Crippen LogP contribution < -0.4 is 10.6 Å². The minimum atomic E-state index is 0.365. The summed E-state index contributed by atoms with van der Waals surface area (Å²) in [6, 6.07) is 4.19. The van der Waals surface area contributed by atoms with E-state index in [9.17, 15) is 0 Å². The molecule has 9 heteroatoms. The summed E-state index contributed by atoms with van der Waals surface area (Å²) in [4.78, 5) is 17.4.